The van der Waals surface area contributed by atoms with Gasteiger partial charge in [-0.1, -0.05) is 41.9 Å². The highest BCUT2D eigenvalue weighted by atomic mass is 35.5. The molecule has 0 saturated carbocycles. The molecule has 6 heteroatoms. The van der Waals surface area contributed by atoms with E-state index in [1.807, 2.05) is 31.2 Å². The fourth-order valence-electron chi connectivity index (χ4n) is 3.71. The Bertz CT molecular complexity index is 1580. The zero-order valence-electron chi connectivity index (χ0n) is 17.1. The van der Waals surface area contributed by atoms with Crippen LogP contribution in [0.4, 0.5) is 0 Å². The minimum absolute atomic E-state index is 0.302. The molecule has 0 radical (unpaired) electrons. The predicted molar refractivity (Wildman–Crippen MR) is 124 cm³/mol. The highest BCUT2D eigenvalue weighted by Crippen LogP contribution is 2.33. The molecule has 0 aliphatic rings. The van der Waals surface area contributed by atoms with E-state index >= 15 is 0 Å². The molecule has 0 N–H and O–H groups in total. The molecular weight excluding hydrogens is 428 g/mol. The summed E-state index contributed by atoms with van der Waals surface area (Å²) in [7, 11) is 0. The minimum atomic E-state index is -0.557. The zero-order chi connectivity index (χ0) is 22.2. The standard InChI is InChI=1S/C26H17ClO5/c1-15-22(30-14-16-6-8-18(27)9-7-16)11-10-19-20(13-24(28)32-25(15)19)21-12-17-4-2-3-5-23(17)31-26(21)29/h2-13H,14H2,1H3. The first-order valence-electron chi connectivity index (χ1n) is 9.97. The third kappa shape index (κ3) is 3.67. The monoisotopic (exact) mass is 444 g/mol. The van der Waals surface area contributed by atoms with Gasteiger partial charge in [-0.25, -0.2) is 9.59 Å². The Labute approximate surface area is 187 Å². The van der Waals surface area contributed by atoms with Crippen molar-refractivity contribution in [2.24, 2.45) is 0 Å². The van der Waals surface area contributed by atoms with Crippen molar-refractivity contribution in [1.82, 2.24) is 0 Å². The van der Waals surface area contributed by atoms with Crippen LogP contribution >= 0.6 is 11.6 Å². The number of fused-ring (bicyclic) bond motifs is 2. The molecule has 3 aromatic carbocycles. The van der Waals surface area contributed by atoms with Crippen LogP contribution in [0.2, 0.25) is 5.02 Å². The molecule has 0 amide bonds. The molecule has 0 saturated heterocycles. The Balaban J connectivity index is 1.61. The average molecular weight is 445 g/mol. The van der Waals surface area contributed by atoms with Gasteiger partial charge in [0.25, 0.3) is 0 Å². The van der Waals surface area contributed by atoms with Crippen molar-refractivity contribution in [1.29, 1.82) is 0 Å². The highest BCUT2D eigenvalue weighted by molar-refractivity contribution is 6.30. The second-order valence-electron chi connectivity index (χ2n) is 7.44. The molecule has 5 rings (SSSR count). The van der Waals surface area contributed by atoms with Gasteiger partial charge in [0.2, 0.25) is 0 Å². The van der Waals surface area contributed by atoms with Crippen LogP contribution in [0, 0.1) is 6.92 Å². The number of halogens is 1. The van der Waals surface area contributed by atoms with Crippen LogP contribution in [0.15, 0.2) is 91.2 Å². The van der Waals surface area contributed by atoms with Gasteiger partial charge < -0.3 is 13.6 Å². The van der Waals surface area contributed by atoms with Crippen molar-refractivity contribution < 1.29 is 13.6 Å². The summed E-state index contributed by atoms with van der Waals surface area (Å²) in [5, 5.41) is 2.05. The summed E-state index contributed by atoms with van der Waals surface area (Å²) in [6.45, 7) is 2.15. The molecule has 0 bridgehead atoms. The molecule has 0 aliphatic carbocycles. The van der Waals surface area contributed by atoms with Gasteiger partial charge in [0.15, 0.2) is 0 Å². The minimum Gasteiger partial charge on any atom is -0.488 e. The van der Waals surface area contributed by atoms with Crippen LogP contribution in [-0.4, -0.2) is 0 Å². The second kappa shape index (κ2) is 8.02. The van der Waals surface area contributed by atoms with E-state index < -0.39 is 11.3 Å². The Hall–Kier alpha value is -3.83. The molecule has 0 fully saturated rings. The number of ether oxygens (including phenoxy) is 1. The summed E-state index contributed by atoms with van der Waals surface area (Å²) in [5.74, 6) is 0.582. The molecule has 0 aliphatic heterocycles. The number of hydrogen-bond donors (Lipinski definition) is 0. The Kier molecular flexibility index (Phi) is 5.04. The molecule has 2 aromatic heterocycles. The number of rotatable bonds is 4. The Morgan fingerprint density at radius 2 is 1.66 bits per heavy atom. The maximum absolute atomic E-state index is 12.7. The lowest BCUT2D eigenvalue weighted by molar-refractivity contribution is 0.304. The van der Waals surface area contributed by atoms with E-state index in [0.717, 1.165) is 10.9 Å². The molecule has 2 heterocycles. The lowest BCUT2D eigenvalue weighted by Crippen LogP contribution is -2.07. The molecule has 0 atom stereocenters. The van der Waals surface area contributed by atoms with Crippen LogP contribution in [0.5, 0.6) is 5.75 Å². The molecule has 32 heavy (non-hydrogen) atoms. The van der Waals surface area contributed by atoms with Crippen LogP contribution in [0.25, 0.3) is 33.1 Å². The van der Waals surface area contributed by atoms with E-state index in [1.165, 1.54) is 6.07 Å². The van der Waals surface area contributed by atoms with Gasteiger partial charge in [-0.3, -0.25) is 0 Å². The van der Waals surface area contributed by atoms with Crippen molar-refractivity contribution in [3.8, 4) is 16.9 Å². The highest BCUT2D eigenvalue weighted by Gasteiger charge is 2.16. The van der Waals surface area contributed by atoms with E-state index in [4.69, 9.17) is 25.2 Å². The topological polar surface area (TPSA) is 69.7 Å². The summed E-state index contributed by atoms with van der Waals surface area (Å²) in [4.78, 5) is 25.1. The predicted octanol–water partition coefficient (Wildman–Crippen LogP) is 6.11. The van der Waals surface area contributed by atoms with Crippen molar-refractivity contribution in [3.05, 3.63) is 110 Å². The third-order valence-corrected chi connectivity index (χ3v) is 5.60. The van der Waals surface area contributed by atoms with E-state index in [2.05, 4.69) is 0 Å². The Morgan fingerprint density at radius 3 is 2.47 bits per heavy atom. The average Bonchev–Trinajstić information content (AvgIpc) is 2.79. The van der Waals surface area contributed by atoms with Gasteiger partial charge in [0.1, 0.15) is 23.5 Å². The van der Waals surface area contributed by atoms with E-state index in [-0.39, 0.29) is 0 Å². The van der Waals surface area contributed by atoms with Crippen molar-refractivity contribution in [2.45, 2.75) is 13.5 Å². The lowest BCUT2D eigenvalue weighted by Gasteiger charge is -2.12. The zero-order valence-corrected chi connectivity index (χ0v) is 17.8. The quantitative estimate of drug-likeness (QED) is 0.313. The molecular formula is C26H17ClO5. The van der Waals surface area contributed by atoms with Crippen LogP contribution in [0.1, 0.15) is 11.1 Å². The second-order valence-corrected chi connectivity index (χ2v) is 7.88. The third-order valence-electron chi connectivity index (χ3n) is 5.35. The maximum Gasteiger partial charge on any atom is 0.344 e. The van der Waals surface area contributed by atoms with Crippen LogP contribution < -0.4 is 16.0 Å². The van der Waals surface area contributed by atoms with E-state index in [0.29, 0.717) is 50.6 Å². The Morgan fingerprint density at radius 1 is 0.875 bits per heavy atom. The normalized spacial score (nSPS) is 11.2. The van der Waals surface area contributed by atoms with Crippen LogP contribution in [0.3, 0.4) is 0 Å². The summed E-state index contributed by atoms with van der Waals surface area (Å²) in [5.41, 5.74) is 2.17. The lowest BCUT2D eigenvalue weighted by atomic mass is 10.0. The molecule has 0 spiro atoms. The van der Waals surface area contributed by atoms with Crippen molar-refractivity contribution in [3.63, 3.8) is 0 Å². The maximum atomic E-state index is 12.7. The number of aryl methyl sites for hydroxylation is 1. The smallest absolute Gasteiger partial charge is 0.344 e. The molecule has 5 nitrogen and oxygen atoms in total. The molecule has 5 aromatic rings. The fourth-order valence-corrected chi connectivity index (χ4v) is 3.84. The summed E-state index contributed by atoms with van der Waals surface area (Å²) < 4.78 is 16.9. The number of para-hydroxylation sites is 1. The largest absolute Gasteiger partial charge is 0.488 e. The van der Waals surface area contributed by atoms with E-state index in [1.54, 1.807) is 42.5 Å². The molecule has 0 unspecified atom stereocenters. The first kappa shape index (κ1) is 20.1. The molecule has 158 valence electrons. The summed E-state index contributed by atoms with van der Waals surface area (Å²) in [6.07, 6.45) is 0. The van der Waals surface area contributed by atoms with Gasteiger partial charge in [0, 0.05) is 33.0 Å². The number of benzene rings is 3. The van der Waals surface area contributed by atoms with Gasteiger partial charge >= 0.3 is 11.3 Å². The van der Waals surface area contributed by atoms with E-state index in [9.17, 15) is 9.59 Å². The van der Waals surface area contributed by atoms with Gasteiger partial charge in [-0.15, -0.1) is 0 Å². The van der Waals surface area contributed by atoms with Crippen LogP contribution in [-0.2, 0) is 6.61 Å². The first-order valence-corrected chi connectivity index (χ1v) is 10.4. The van der Waals surface area contributed by atoms with Gasteiger partial charge in [-0.2, -0.15) is 0 Å². The van der Waals surface area contributed by atoms with Crippen molar-refractivity contribution >= 4 is 33.5 Å². The summed E-state index contributed by atoms with van der Waals surface area (Å²) in [6, 6.07) is 21.2. The fraction of sp³-hybridized carbons (Fsp3) is 0.0769. The SMILES string of the molecule is Cc1c(OCc2ccc(Cl)cc2)ccc2c(-c3cc4ccccc4oc3=O)cc(=O)oc12. The van der Waals surface area contributed by atoms with Gasteiger partial charge in [0.05, 0.1) is 5.56 Å². The first-order chi connectivity index (χ1) is 15.5. The number of hydrogen-bond acceptors (Lipinski definition) is 5. The van der Waals surface area contributed by atoms with Gasteiger partial charge in [-0.05, 0) is 48.9 Å². The van der Waals surface area contributed by atoms with Crippen molar-refractivity contribution in [2.75, 3.05) is 0 Å². The summed E-state index contributed by atoms with van der Waals surface area (Å²) >= 11 is 5.93.